The van der Waals surface area contributed by atoms with Crippen LogP contribution in [0.3, 0.4) is 0 Å². The molecular weight excluding hydrogens is 218 g/mol. The van der Waals surface area contributed by atoms with Gasteiger partial charge in [0.2, 0.25) is 0 Å². The van der Waals surface area contributed by atoms with Gasteiger partial charge < -0.3 is 0 Å². The molecule has 0 radical (unpaired) electrons. The van der Waals surface area contributed by atoms with E-state index < -0.39 is 0 Å². The molecule has 1 aliphatic rings. The third-order valence-electron chi connectivity index (χ3n) is 3.97. The predicted molar refractivity (Wildman–Crippen MR) is 73.0 cm³/mol. The van der Waals surface area contributed by atoms with E-state index in [0.717, 1.165) is 12.8 Å². The van der Waals surface area contributed by atoms with Gasteiger partial charge in [0.15, 0.2) is 0 Å². The van der Waals surface area contributed by atoms with Gasteiger partial charge >= 0.3 is 0 Å². The van der Waals surface area contributed by atoms with Crippen molar-refractivity contribution in [2.75, 3.05) is 0 Å². The standard InChI is InChI=1S/C17H15N/c18-13-17(11-4-12-17)16-9-7-15(8-10-16)14-5-2-1-3-6-14/h1-3,5-10H,4,11-12H2. The van der Waals surface area contributed by atoms with Crippen LogP contribution in [0.1, 0.15) is 24.8 Å². The summed E-state index contributed by atoms with van der Waals surface area (Å²) in [5, 5.41) is 9.33. The summed E-state index contributed by atoms with van der Waals surface area (Å²) in [7, 11) is 0. The summed E-state index contributed by atoms with van der Waals surface area (Å²) in [6, 6.07) is 21.3. The molecule has 1 saturated carbocycles. The third-order valence-corrected chi connectivity index (χ3v) is 3.97. The lowest BCUT2D eigenvalue weighted by atomic mass is 9.65. The van der Waals surface area contributed by atoms with Crippen molar-refractivity contribution >= 4 is 0 Å². The summed E-state index contributed by atoms with van der Waals surface area (Å²) in [4.78, 5) is 0. The van der Waals surface area contributed by atoms with Gasteiger partial charge in [0.05, 0.1) is 11.5 Å². The van der Waals surface area contributed by atoms with E-state index in [4.69, 9.17) is 0 Å². The van der Waals surface area contributed by atoms with Gasteiger partial charge in [0.1, 0.15) is 0 Å². The van der Waals surface area contributed by atoms with E-state index in [1.165, 1.54) is 23.1 Å². The Morgan fingerprint density at radius 2 is 1.44 bits per heavy atom. The summed E-state index contributed by atoms with van der Waals surface area (Å²) in [6.07, 6.45) is 3.19. The molecule has 0 aliphatic heterocycles. The first-order valence-corrected chi connectivity index (χ1v) is 6.41. The highest BCUT2D eigenvalue weighted by atomic mass is 14.4. The van der Waals surface area contributed by atoms with Crippen LogP contribution in [0.25, 0.3) is 11.1 Å². The highest BCUT2D eigenvalue weighted by Crippen LogP contribution is 2.43. The molecule has 2 aromatic rings. The van der Waals surface area contributed by atoms with Crippen molar-refractivity contribution < 1.29 is 0 Å². The summed E-state index contributed by atoms with van der Waals surface area (Å²) in [5.41, 5.74) is 3.42. The zero-order valence-corrected chi connectivity index (χ0v) is 10.3. The van der Waals surface area contributed by atoms with Crippen molar-refractivity contribution in [2.24, 2.45) is 0 Å². The van der Waals surface area contributed by atoms with E-state index in [-0.39, 0.29) is 5.41 Å². The summed E-state index contributed by atoms with van der Waals surface area (Å²) < 4.78 is 0. The predicted octanol–water partition coefficient (Wildman–Crippen LogP) is 4.30. The van der Waals surface area contributed by atoms with Gasteiger partial charge in [-0.1, -0.05) is 54.6 Å². The number of benzene rings is 2. The molecule has 2 aromatic carbocycles. The molecular formula is C17H15N. The van der Waals surface area contributed by atoms with Crippen LogP contribution in [0.2, 0.25) is 0 Å². The molecule has 3 rings (SSSR count). The largest absolute Gasteiger partial charge is 0.197 e. The van der Waals surface area contributed by atoms with Crippen molar-refractivity contribution in [3.8, 4) is 17.2 Å². The Morgan fingerprint density at radius 1 is 0.833 bits per heavy atom. The van der Waals surface area contributed by atoms with E-state index in [1.54, 1.807) is 0 Å². The second kappa shape index (κ2) is 4.31. The van der Waals surface area contributed by atoms with Gasteiger partial charge in [-0.15, -0.1) is 0 Å². The smallest absolute Gasteiger partial charge is 0.0822 e. The van der Waals surface area contributed by atoms with Crippen molar-refractivity contribution in [1.82, 2.24) is 0 Å². The Morgan fingerprint density at radius 3 is 1.94 bits per heavy atom. The molecule has 0 N–H and O–H groups in total. The number of hydrogen-bond donors (Lipinski definition) is 0. The van der Waals surface area contributed by atoms with E-state index in [9.17, 15) is 5.26 Å². The number of rotatable bonds is 2. The fraction of sp³-hybridized carbons (Fsp3) is 0.235. The summed E-state index contributed by atoms with van der Waals surface area (Å²) in [5.74, 6) is 0. The minimum Gasteiger partial charge on any atom is -0.197 e. The third kappa shape index (κ3) is 1.71. The Labute approximate surface area is 108 Å². The van der Waals surface area contributed by atoms with Crippen LogP contribution in [0, 0.1) is 11.3 Å². The van der Waals surface area contributed by atoms with Crippen molar-refractivity contribution in [1.29, 1.82) is 5.26 Å². The highest BCUT2D eigenvalue weighted by molar-refractivity contribution is 5.64. The van der Waals surface area contributed by atoms with Gasteiger partial charge in [-0.3, -0.25) is 0 Å². The molecule has 1 heteroatoms. The highest BCUT2D eigenvalue weighted by Gasteiger charge is 2.38. The molecule has 0 bridgehead atoms. The Balaban J connectivity index is 1.93. The van der Waals surface area contributed by atoms with Crippen LogP contribution in [0.4, 0.5) is 0 Å². The minimum absolute atomic E-state index is 0.199. The van der Waals surface area contributed by atoms with Crippen LogP contribution in [-0.2, 0) is 5.41 Å². The molecule has 88 valence electrons. The summed E-state index contributed by atoms with van der Waals surface area (Å²) >= 11 is 0. The fourth-order valence-electron chi connectivity index (χ4n) is 2.61. The number of nitrogens with zero attached hydrogens (tertiary/aromatic N) is 1. The fourth-order valence-corrected chi connectivity index (χ4v) is 2.61. The molecule has 1 fully saturated rings. The van der Waals surface area contributed by atoms with Crippen LogP contribution < -0.4 is 0 Å². The molecule has 0 atom stereocenters. The SMILES string of the molecule is N#CC1(c2ccc(-c3ccccc3)cc2)CCC1. The molecule has 0 unspecified atom stereocenters. The first-order chi connectivity index (χ1) is 8.84. The molecule has 0 amide bonds. The number of hydrogen-bond acceptors (Lipinski definition) is 1. The van der Waals surface area contributed by atoms with E-state index >= 15 is 0 Å². The Kier molecular flexibility index (Phi) is 2.64. The zero-order chi connectivity index (χ0) is 12.4. The molecule has 0 heterocycles. The molecule has 0 spiro atoms. The van der Waals surface area contributed by atoms with E-state index in [2.05, 4.69) is 42.5 Å². The molecule has 18 heavy (non-hydrogen) atoms. The van der Waals surface area contributed by atoms with Gasteiger partial charge in [0, 0.05) is 0 Å². The lowest BCUT2D eigenvalue weighted by Gasteiger charge is -2.35. The lowest BCUT2D eigenvalue weighted by Crippen LogP contribution is -2.32. The van der Waals surface area contributed by atoms with E-state index in [0.29, 0.717) is 0 Å². The Hall–Kier alpha value is -2.07. The molecule has 0 aromatic heterocycles. The van der Waals surface area contributed by atoms with Gasteiger partial charge in [-0.25, -0.2) is 0 Å². The van der Waals surface area contributed by atoms with E-state index in [1.807, 2.05) is 18.2 Å². The first-order valence-electron chi connectivity index (χ1n) is 6.41. The number of nitriles is 1. The quantitative estimate of drug-likeness (QED) is 0.758. The van der Waals surface area contributed by atoms with Gasteiger partial charge in [-0.05, 0) is 36.0 Å². The molecule has 0 saturated heterocycles. The maximum atomic E-state index is 9.33. The molecule has 1 nitrogen and oxygen atoms in total. The average Bonchev–Trinajstić information content (AvgIpc) is 2.40. The minimum atomic E-state index is -0.199. The normalized spacial score (nSPS) is 16.6. The second-order valence-electron chi connectivity index (χ2n) is 4.99. The maximum absolute atomic E-state index is 9.33. The van der Waals surface area contributed by atoms with Crippen LogP contribution >= 0.6 is 0 Å². The summed E-state index contributed by atoms with van der Waals surface area (Å²) in [6.45, 7) is 0. The average molecular weight is 233 g/mol. The topological polar surface area (TPSA) is 23.8 Å². The zero-order valence-electron chi connectivity index (χ0n) is 10.3. The van der Waals surface area contributed by atoms with Crippen LogP contribution in [0.5, 0.6) is 0 Å². The maximum Gasteiger partial charge on any atom is 0.0822 e. The monoisotopic (exact) mass is 233 g/mol. The van der Waals surface area contributed by atoms with Crippen LogP contribution in [-0.4, -0.2) is 0 Å². The van der Waals surface area contributed by atoms with Crippen LogP contribution in [0.15, 0.2) is 54.6 Å². The van der Waals surface area contributed by atoms with Crippen molar-refractivity contribution in [2.45, 2.75) is 24.7 Å². The van der Waals surface area contributed by atoms with Crippen molar-refractivity contribution in [3.63, 3.8) is 0 Å². The van der Waals surface area contributed by atoms with Crippen molar-refractivity contribution in [3.05, 3.63) is 60.2 Å². The lowest BCUT2D eigenvalue weighted by molar-refractivity contribution is 0.324. The van der Waals surface area contributed by atoms with Gasteiger partial charge in [0.25, 0.3) is 0 Å². The molecule has 1 aliphatic carbocycles. The Bertz CT molecular complexity index is 571. The second-order valence-corrected chi connectivity index (χ2v) is 4.99. The van der Waals surface area contributed by atoms with Gasteiger partial charge in [-0.2, -0.15) is 5.26 Å². The first kappa shape index (κ1) is 11.0.